The van der Waals surface area contributed by atoms with Gasteiger partial charge in [-0.2, -0.15) is 0 Å². The highest BCUT2D eigenvalue weighted by Gasteiger charge is 2.26. The fourth-order valence-corrected chi connectivity index (χ4v) is 4.06. The van der Waals surface area contributed by atoms with Gasteiger partial charge in [-0.05, 0) is 24.8 Å². The van der Waals surface area contributed by atoms with E-state index in [4.69, 9.17) is 9.97 Å². The van der Waals surface area contributed by atoms with Crippen molar-refractivity contribution < 1.29 is 9.72 Å². The molecule has 178 valence electrons. The van der Waals surface area contributed by atoms with Gasteiger partial charge in [-0.3, -0.25) is 14.9 Å². The minimum absolute atomic E-state index is 0.0845. The van der Waals surface area contributed by atoms with Crippen LogP contribution in [0.4, 0.5) is 11.5 Å². The van der Waals surface area contributed by atoms with Gasteiger partial charge in [-0.1, -0.05) is 39.8 Å². The number of hydrogen-bond donors (Lipinski definition) is 0. The lowest BCUT2D eigenvalue weighted by Crippen LogP contribution is -2.49. The predicted molar refractivity (Wildman–Crippen MR) is 130 cm³/mol. The molecule has 1 aromatic carbocycles. The van der Waals surface area contributed by atoms with Crippen LogP contribution in [0, 0.1) is 23.0 Å². The first-order chi connectivity index (χ1) is 15.7. The molecule has 0 bridgehead atoms. The van der Waals surface area contributed by atoms with Crippen molar-refractivity contribution in [2.75, 3.05) is 31.1 Å². The number of hydrogen-bond acceptors (Lipinski definition) is 6. The number of nitro benzene ring substituents is 1. The van der Waals surface area contributed by atoms with E-state index in [-0.39, 0.29) is 22.4 Å². The quantitative estimate of drug-likeness (QED) is 0.432. The monoisotopic (exact) mass is 453 g/mol. The van der Waals surface area contributed by atoms with Gasteiger partial charge in [-0.15, -0.1) is 0 Å². The molecule has 0 radical (unpaired) electrons. The van der Waals surface area contributed by atoms with Gasteiger partial charge in [0.2, 0.25) is 5.91 Å². The Morgan fingerprint density at radius 2 is 1.73 bits per heavy atom. The first-order valence-electron chi connectivity index (χ1n) is 11.8. The largest absolute Gasteiger partial charge is 0.353 e. The zero-order valence-electron chi connectivity index (χ0n) is 20.4. The number of nitrogens with zero attached hydrogens (tertiary/aromatic N) is 5. The van der Waals surface area contributed by atoms with E-state index in [9.17, 15) is 14.9 Å². The van der Waals surface area contributed by atoms with Crippen LogP contribution in [0.2, 0.25) is 0 Å². The van der Waals surface area contributed by atoms with Gasteiger partial charge in [-0.25, -0.2) is 9.97 Å². The van der Waals surface area contributed by atoms with Gasteiger partial charge < -0.3 is 9.80 Å². The average molecular weight is 454 g/mol. The van der Waals surface area contributed by atoms with Crippen molar-refractivity contribution in [2.45, 2.75) is 59.8 Å². The molecule has 3 rings (SSSR count). The summed E-state index contributed by atoms with van der Waals surface area (Å²) in [6.45, 7) is 13.2. The molecule has 1 unspecified atom stereocenters. The second-order valence-corrected chi connectivity index (χ2v) is 9.34. The van der Waals surface area contributed by atoms with E-state index >= 15 is 0 Å². The molecule has 0 aliphatic carbocycles. The minimum atomic E-state index is -0.384. The summed E-state index contributed by atoms with van der Waals surface area (Å²) >= 11 is 0. The third-order valence-electron chi connectivity index (χ3n) is 6.31. The van der Waals surface area contributed by atoms with Crippen LogP contribution in [0.25, 0.3) is 0 Å². The van der Waals surface area contributed by atoms with E-state index in [1.54, 1.807) is 12.1 Å². The Morgan fingerprint density at radius 1 is 1.09 bits per heavy atom. The topological polar surface area (TPSA) is 92.5 Å². The van der Waals surface area contributed by atoms with Crippen LogP contribution in [0.1, 0.15) is 69.1 Å². The molecule has 2 aromatic rings. The number of anilines is 1. The summed E-state index contributed by atoms with van der Waals surface area (Å²) in [5, 5.41) is 11.0. The minimum Gasteiger partial charge on any atom is -0.353 e. The van der Waals surface area contributed by atoms with Gasteiger partial charge in [0.1, 0.15) is 11.6 Å². The Balaban J connectivity index is 1.88. The summed E-state index contributed by atoms with van der Waals surface area (Å²) in [4.78, 5) is 37.1. The molecule has 1 fully saturated rings. The van der Waals surface area contributed by atoms with Crippen LogP contribution in [0.5, 0.6) is 0 Å². The summed E-state index contributed by atoms with van der Waals surface area (Å²) in [7, 11) is 0. The average Bonchev–Trinajstić information content (AvgIpc) is 2.79. The molecule has 1 aromatic heterocycles. The Bertz CT molecular complexity index is 982. The van der Waals surface area contributed by atoms with Crippen LogP contribution in [-0.2, 0) is 11.2 Å². The van der Waals surface area contributed by atoms with Gasteiger partial charge in [0, 0.05) is 68.3 Å². The maximum atomic E-state index is 12.5. The first kappa shape index (κ1) is 24.6. The molecule has 0 spiro atoms. The number of nitro groups is 1. The second-order valence-electron chi connectivity index (χ2n) is 9.34. The molecule has 2 heterocycles. The normalized spacial score (nSPS) is 15.1. The van der Waals surface area contributed by atoms with Crippen LogP contribution >= 0.6 is 0 Å². The maximum Gasteiger partial charge on any atom is 0.269 e. The fourth-order valence-electron chi connectivity index (χ4n) is 4.06. The number of aryl methyl sites for hydroxylation is 1. The Labute approximate surface area is 196 Å². The number of carbonyl (C=O) groups excluding carboxylic acids is 1. The molecule has 8 nitrogen and oxygen atoms in total. The van der Waals surface area contributed by atoms with E-state index in [2.05, 4.69) is 32.6 Å². The molecular weight excluding hydrogens is 418 g/mol. The van der Waals surface area contributed by atoms with E-state index in [1.165, 1.54) is 12.1 Å². The molecule has 1 amide bonds. The number of carbonyl (C=O) groups is 1. The van der Waals surface area contributed by atoms with E-state index in [0.29, 0.717) is 31.8 Å². The zero-order valence-corrected chi connectivity index (χ0v) is 20.4. The molecular formula is C25H35N5O3. The molecule has 1 aliphatic heterocycles. The molecule has 1 saturated heterocycles. The first-order valence-corrected chi connectivity index (χ1v) is 11.8. The maximum absolute atomic E-state index is 12.5. The van der Waals surface area contributed by atoms with Crippen LogP contribution in [0.15, 0.2) is 24.3 Å². The highest BCUT2D eigenvalue weighted by molar-refractivity contribution is 5.76. The SMILES string of the molecule is CCC(C)c1nc(C)c(Cc2ccc([N+](=O)[O-])cc2)c(N2CCN(C(=O)CC(C)C)CC2)n1. The number of non-ortho nitro benzene ring substituents is 1. The van der Waals surface area contributed by atoms with Crippen LogP contribution in [0.3, 0.4) is 0 Å². The Kier molecular flexibility index (Phi) is 8.00. The van der Waals surface area contributed by atoms with Crippen molar-refractivity contribution in [3.8, 4) is 0 Å². The lowest BCUT2D eigenvalue weighted by molar-refractivity contribution is -0.384. The summed E-state index contributed by atoms with van der Waals surface area (Å²) < 4.78 is 0. The van der Waals surface area contributed by atoms with Crippen LogP contribution < -0.4 is 4.90 Å². The fraction of sp³-hybridized carbons (Fsp3) is 0.560. The Morgan fingerprint density at radius 3 is 2.27 bits per heavy atom. The second kappa shape index (κ2) is 10.7. The van der Waals surface area contributed by atoms with Crippen LogP contribution in [-0.4, -0.2) is 51.9 Å². The van der Waals surface area contributed by atoms with Gasteiger partial charge in [0.05, 0.1) is 4.92 Å². The number of benzene rings is 1. The number of amides is 1. The number of piperazine rings is 1. The van der Waals surface area contributed by atoms with Gasteiger partial charge in [0.15, 0.2) is 0 Å². The summed E-state index contributed by atoms with van der Waals surface area (Å²) in [5.74, 6) is 2.59. The summed E-state index contributed by atoms with van der Waals surface area (Å²) in [6, 6.07) is 6.68. The van der Waals surface area contributed by atoms with Crippen molar-refractivity contribution >= 4 is 17.4 Å². The predicted octanol–water partition coefficient (Wildman–Crippen LogP) is 4.49. The zero-order chi connectivity index (χ0) is 24.1. The van der Waals surface area contributed by atoms with E-state index in [0.717, 1.165) is 48.0 Å². The molecule has 0 N–H and O–H groups in total. The highest BCUT2D eigenvalue weighted by atomic mass is 16.6. The van der Waals surface area contributed by atoms with Crippen molar-refractivity contribution in [3.63, 3.8) is 0 Å². The summed E-state index contributed by atoms with van der Waals surface area (Å²) in [5.41, 5.74) is 3.04. The van der Waals surface area contributed by atoms with Crippen molar-refractivity contribution in [2.24, 2.45) is 5.92 Å². The third-order valence-corrected chi connectivity index (χ3v) is 6.31. The van der Waals surface area contributed by atoms with Crippen molar-refractivity contribution in [1.29, 1.82) is 0 Å². The third kappa shape index (κ3) is 6.06. The van der Waals surface area contributed by atoms with Crippen molar-refractivity contribution in [1.82, 2.24) is 14.9 Å². The lowest BCUT2D eigenvalue weighted by atomic mass is 10.0. The number of aromatic nitrogens is 2. The van der Waals surface area contributed by atoms with E-state index < -0.39 is 0 Å². The lowest BCUT2D eigenvalue weighted by Gasteiger charge is -2.37. The molecule has 1 aliphatic rings. The standard InChI is InChI=1S/C25H35N5O3/c1-6-18(4)24-26-19(5)22(16-20-7-9-21(10-8-20)30(32)33)25(27-24)29-13-11-28(12-14-29)23(31)15-17(2)3/h7-10,17-18H,6,11-16H2,1-5H3. The number of rotatable bonds is 8. The highest BCUT2D eigenvalue weighted by Crippen LogP contribution is 2.28. The smallest absolute Gasteiger partial charge is 0.269 e. The Hall–Kier alpha value is -3.03. The molecule has 33 heavy (non-hydrogen) atoms. The van der Waals surface area contributed by atoms with Crippen molar-refractivity contribution in [3.05, 3.63) is 57.0 Å². The molecule has 1 atom stereocenters. The molecule has 0 saturated carbocycles. The van der Waals surface area contributed by atoms with Gasteiger partial charge in [0.25, 0.3) is 5.69 Å². The van der Waals surface area contributed by atoms with E-state index in [1.807, 2.05) is 11.8 Å². The summed E-state index contributed by atoms with van der Waals surface area (Å²) in [6.07, 6.45) is 2.14. The molecule has 8 heteroatoms. The van der Waals surface area contributed by atoms with Gasteiger partial charge >= 0.3 is 0 Å².